The molecule has 0 aliphatic carbocycles. The minimum absolute atomic E-state index is 0.0646. The second-order valence-corrected chi connectivity index (χ2v) is 8.97. The second kappa shape index (κ2) is 19.0. The molecule has 0 saturated carbocycles. The van der Waals surface area contributed by atoms with Gasteiger partial charge in [0.1, 0.15) is 6.23 Å². The van der Waals surface area contributed by atoms with Gasteiger partial charge in [-0.2, -0.15) is 0 Å². The summed E-state index contributed by atoms with van der Waals surface area (Å²) in [6, 6.07) is 0. The highest BCUT2D eigenvalue weighted by Crippen LogP contribution is 2.18. The molecule has 3 atom stereocenters. The Balaban J connectivity index is 4.01. The first-order valence-electron chi connectivity index (χ1n) is 9.51. The fourth-order valence-corrected chi connectivity index (χ4v) is 4.89. The van der Waals surface area contributed by atoms with Crippen LogP contribution < -0.4 is 0 Å². The Morgan fingerprint density at radius 1 is 0.731 bits per heavy atom. The summed E-state index contributed by atoms with van der Waals surface area (Å²) in [5, 5.41) is 0. The molecule has 0 saturated heterocycles. The molecule has 0 aromatic heterocycles. The van der Waals surface area contributed by atoms with E-state index in [1.807, 2.05) is 0 Å². The molecule has 0 aliphatic rings. The molecule has 0 heterocycles. The van der Waals surface area contributed by atoms with Crippen molar-refractivity contribution in [3.8, 4) is 0 Å². The molecular formula is C18H41NO5P2. The molecule has 0 amide bonds. The topological polar surface area (TPSA) is 49.4 Å². The lowest BCUT2D eigenvalue weighted by Gasteiger charge is -2.29. The molecule has 158 valence electrons. The van der Waals surface area contributed by atoms with Crippen molar-refractivity contribution >= 4 is 17.2 Å². The average molecular weight is 413 g/mol. The molecule has 3 unspecified atom stereocenters. The van der Waals surface area contributed by atoms with Crippen molar-refractivity contribution in [2.24, 2.45) is 0 Å². The molecular weight excluding hydrogens is 372 g/mol. The van der Waals surface area contributed by atoms with Crippen LogP contribution in [-0.4, -0.2) is 96.5 Å². The van der Waals surface area contributed by atoms with Gasteiger partial charge in [-0.15, -0.1) is 17.2 Å². The molecule has 0 bridgehead atoms. The zero-order valence-corrected chi connectivity index (χ0v) is 19.6. The van der Waals surface area contributed by atoms with Crippen molar-refractivity contribution in [2.75, 3.05) is 72.8 Å². The number of rotatable bonds is 19. The summed E-state index contributed by atoms with van der Waals surface area (Å²) in [7, 11) is 8.66. The van der Waals surface area contributed by atoms with Gasteiger partial charge >= 0.3 is 0 Å². The number of hydrogen-bond donors (Lipinski definition) is 0. The van der Waals surface area contributed by atoms with Crippen LogP contribution in [0.25, 0.3) is 0 Å². The Bertz CT molecular complexity index is 273. The van der Waals surface area contributed by atoms with Crippen molar-refractivity contribution < 1.29 is 23.7 Å². The number of nitrogens with zero attached hydrogens (tertiary/aromatic N) is 1. The number of ether oxygens (including phenoxy) is 5. The first kappa shape index (κ1) is 26.6. The fourth-order valence-electron chi connectivity index (χ4n) is 2.62. The number of methoxy groups -OCH3 is 4. The summed E-state index contributed by atoms with van der Waals surface area (Å²) in [5.41, 5.74) is 0. The predicted molar refractivity (Wildman–Crippen MR) is 114 cm³/mol. The van der Waals surface area contributed by atoms with E-state index in [0.717, 1.165) is 62.0 Å². The third kappa shape index (κ3) is 13.7. The quantitative estimate of drug-likeness (QED) is 0.184. The van der Waals surface area contributed by atoms with E-state index in [9.17, 15) is 0 Å². The van der Waals surface area contributed by atoms with Gasteiger partial charge in [0.05, 0.1) is 0 Å². The van der Waals surface area contributed by atoms with Gasteiger partial charge in [-0.3, -0.25) is 4.90 Å². The Morgan fingerprint density at radius 3 is 1.50 bits per heavy atom. The van der Waals surface area contributed by atoms with Crippen molar-refractivity contribution in [1.29, 1.82) is 0 Å². The van der Waals surface area contributed by atoms with Crippen LogP contribution in [0, 0.1) is 0 Å². The van der Waals surface area contributed by atoms with Crippen LogP contribution in [0.4, 0.5) is 0 Å². The molecule has 26 heavy (non-hydrogen) atoms. The van der Waals surface area contributed by atoms with Crippen LogP contribution in [0.3, 0.4) is 0 Å². The molecule has 0 radical (unpaired) electrons. The maximum absolute atomic E-state index is 5.82. The largest absolute Gasteiger partial charge is 0.364 e. The van der Waals surface area contributed by atoms with Crippen molar-refractivity contribution in [3.05, 3.63) is 0 Å². The molecule has 0 aliphatic heterocycles. The van der Waals surface area contributed by atoms with Gasteiger partial charge in [-0.05, 0) is 38.5 Å². The van der Waals surface area contributed by atoms with E-state index in [0.29, 0.717) is 0 Å². The van der Waals surface area contributed by atoms with Crippen LogP contribution >= 0.6 is 17.2 Å². The van der Waals surface area contributed by atoms with E-state index in [1.165, 1.54) is 12.3 Å². The van der Waals surface area contributed by atoms with Gasteiger partial charge < -0.3 is 23.7 Å². The first-order valence-corrected chi connectivity index (χ1v) is 12.3. The Morgan fingerprint density at radius 2 is 1.15 bits per heavy atom. The van der Waals surface area contributed by atoms with Gasteiger partial charge in [-0.25, -0.2) is 0 Å². The molecule has 6 nitrogen and oxygen atoms in total. The maximum atomic E-state index is 5.82. The Hall–Kier alpha value is 0.620. The van der Waals surface area contributed by atoms with Crippen molar-refractivity contribution in [3.63, 3.8) is 0 Å². The minimum atomic E-state index is -0.0646. The van der Waals surface area contributed by atoms with Gasteiger partial charge in [0, 0.05) is 61.0 Å². The lowest BCUT2D eigenvalue weighted by molar-refractivity contribution is -0.102. The van der Waals surface area contributed by atoms with E-state index >= 15 is 0 Å². The van der Waals surface area contributed by atoms with Gasteiger partial charge in [-0.1, -0.05) is 0 Å². The third-order valence-corrected chi connectivity index (χ3v) is 6.68. The van der Waals surface area contributed by atoms with Crippen LogP contribution in [0.15, 0.2) is 0 Å². The zero-order valence-electron chi connectivity index (χ0n) is 17.6. The maximum Gasteiger partial charge on any atom is 0.157 e. The summed E-state index contributed by atoms with van der Waals surface area (Å²) >= 11 is 0. The summed E-state index contributed by atoms with van der Waals surface area (Å²) in [5.74, 6) is 0. The summed E-state index contributed by atoms with van der Waals surface area (Å²) < 4.78 is 26.8. The van der Waals surface area contributed by atoms with E-state index < -0.39 is 0 Å². The van der Waals surface area contributed by atoms with Crippen molar-refractivity contribution in [2.45, 2.75) is 45.5 Å². The lowest BCUT2D eigenvalue weighted by Crippen LogP contribution is -2.38. The first-order chi connectivity index (χ1) is 12.6. The Kier molecular flexibility index (Phi) is 19.4. The highest BCUT2D eigenvalue weighted by Gasteiger charge is 2.13. The van der Waals surface area contributed by atoms with Crippen LogP contribution in [0.1, 0.15) is 26.7 Å². The molecule has 0 aromatic rings. The second-order valence-electron chi connectivity index (χ2n) is 5.97. The normalized spacial score (nSPS) is 14.2. The summed E-state index contributed by atoms with van der Waals surface area (Å²) in [6.45, 7) is 7.16. The molecule has 0 spiro atoms. The SMILES string of the molecule is CCOC(C)N(CCPCCC(OC)OC)CCPCCC(OC)OC. The molecule has 8 heteroatoms. The van der Waals surface area contributed by atoms with E-state index in [2.05, 4.69) is 18.7 Å². The highest BCUT2D eigenvalue weighted by atomic mass is 31.1. The number of hydrogen-bond acceptors (Lipinski definition) is 6. The van der Waals surface area contributed by atoms with Crippen LogP contribution in [0.2, 0.25) is 0 Å². The fraction of sp³-hybridized carbons (Fsp3) is 1.00. The molecule has 0 aromatic carbocycles. The smallest absolute Gasteiger partial charge is 0.157 e. The van der Waals surface area contributed by atoms with E-state index in [1.54, 1.807) is 28.4 Å². The molecule has 0 rings (SSSR count). The Labute approximate surface area is 164 Å². The third-order valence-electron chi connectivity index (χ3n) is 4.24. The van der Waals surface area contributed by atoms with Crippen LogP contribution in [-0.2, 0) is 23.7 Å². The zero-order chi connectivity index (χ0) is 19.6. The lowest BCUT2D eigenvalue weighted by atomic mass is 10.4. The average Bonchev–Trinajstić information content (AvgIpc) is 2.66. The molecule has 0 fully saturated rings. The van der Waals surface area contributed by atoms with Gasteiger partial charge in [0.15, 0.2) is 12.6 Å². The standard InChI is InChI=1S/C18H41NO5P2/c1-7-24-16(2)19(10-14-25-12-8-17(20-3)21-4)11-15-26-13-9-18(22-5)23-6/h16-18,25-26H,7-15H2,1-6H3. The van der Waals surface area contributed by atoms with Gasteiger partial charge in [0.2, 0.25) is 0 Å². The van der Waals surface area contributed by atoms with Gasteiger partial charge in [0.25, 0.3) is 0 Å². The monoisotopic (exact) mass is 413 g/mol. The van der Waals surface area contributed by atoms with E-state index in [-0.39, 0.29) is 18.8 Å². The van der Waals surface area contributed by atoms with Crippen molar-refractivity contribution in [1.82, 2.24) is 4.90 Å². The predicted octanol–water partition coefficient (Wildman–Crippen LogP) is 3.05. The summed E-state index contributed by atoms with van der Waals surface area (Å²) in [6.07, 6.45) is 6.70. The summed E-state index contributed by atoms with van der Waals surface area (Å²) in [4.78, 5) is 2.47. The van der Waals surface area contributed by atoms with Crippen LogP contribution in [0.5, 0.6) is 0 Å². The highest BCUT2D eigenvalue weighted by molar-refractivity contribution is 7.38. The van der Waals surface area contributed by atoms with E-state index in [4.69, 9.17) is 23.7 Å². The minimum Gasteiger partial charge on any atom is -0.364 e. The molecule has 0 N–H and O–H groups in total.